The molecular weight excluding hydrogens is 420 g/mol. The molecule has 2 aromatic carbocycles. The second kappa shape index (κ2) is 10.6. The fraction of sp³-hybridized carbons (Fsp3) is 0.364. The maximum absolute atomic E-state index is 13.3. The van der Waals surface area contributed by atoms with E-state index in [1.165, 1.54) is 11.3 Å². The molecule has 0 aliphatic carbocycles. The summed E-state index contributed by atoms with van der Waals surface area (Å²) in [6.07, 6.45) is 0. The van der Waals surface area contributed by atoms with E-state index in [-0.39, 0.29) is 18.3 Å². The number of aromatic nitrogens is 1. The Kier molecular flexibility index (Phi) is 8.46. The van der Waals surface area contributed by atoms with Crippen LogP contribution in [0.4, 0.5) is 10.8 Å². The first kappa shape index (κ1) is 23.9. The van der Waals surface area contributed by atoms with Gasteiger partial charge in [0.1, 0.15) is 5.75 Å². The SMILES string of the molecule is CCOc1ccc2nc(N(CCN(C)C)C(=O)c3ccc(N(C)C)cc3)sc2c1.Cl. The molecule has 1 heterocycles. The number of carbonyl (C=O) groups is 1. The summed E-state index contributed by atoms with van der Waals surface area (Å²) in [5.41, 5.74) is 2.59. The minimum Gasteiger partial charge on any atom is -0.494 e. The molecule has 0 spiro atoms. The molecule has 0 saturated heterocycles. The molecule has 0 radical (unpaired) electrons. The van der Waals surface area contributed by atoms with Gasteiger partial charge in [-0.15, -0.1) is 12.4 Å². The summed E-state index contributed by atoms with van der Waals surface area (Å²) in [4.78, 5) is 23.9. The predicted octanol–water partition coefficient (Wildman–Crippen LogP) is 4.39. The van der Waals surface area contributed by atoms with Crippen LogP contribution in [0.1, 0.15) is 17.3 Å². The lowest BCUT2D eigenvalue weighted by Crippen LogP contribution is -2.36. The molecule has 0 unspecified atom stereocenters. The van der Waals surface area contributed by atoms with Gasteiger partial charge in [0, 0.05) is 38.4 Å². The van der Waals surface area contributed by atoms with Crippen molar-refractivity contribution in [2.24, 2.45) is 0 Å². The average molecular weight is 449 g/mol. The van der Waals surface area contributed by atoms with E-state index in [2.05, 4.69) is 4.90 Å². The third-order valence-electron chi connectivity index (χ3n) is 4.54. The summed E-state index contributed by atoms with van der Waals surface area (Å²) < 4.78 is 6.61. The third kappa shape index (κ3) is 5.62. The maximum atomic E-state index is 13.3. The van der Waals surface area contributed by atoms with Gasteiger partial charge in [-0.25, -0.2) is 4.98 Å². The van der Waals surface area contributed by atoms with Crippen molar-refractivity contribution < 1.29 is 9.53 Å². The van der Waals surface area contributed by atoms with E-state index in [0.717, 1.165) is 28.2 Å². The number of hydrogen-bond donors (Lipinski definition) is 0. The molecule has 0 N–H and O–H groups in total. The van der Waals surface area contributed by atoms with Gasteiger partial charge in [-0.3, -0.25) is 9.69 Å². The van der Waals surface area contributed by atoms with Crippen molar-refractivity contribution in [1.29, 1.82) is 0 Å². The standard InChI is InChI=1S/C22H28N4O2S.ClH/c1-6-28-18-11-12-19-20(15-18)29-22(23-19)26(14-13-24(2)3)21(27)16-7-9-17(10-8-16)25(4)5;/h7-12,15H,6,13-14H2,1-5H3;1H. The lowest BCUT2D eigenvalue weighted by molar-refractivity contribution is 0.0985. The van der Waals surface area contributed by atoms with Crippen LogP contribution in [0.5, 0.6) is 5.75 Å². The molecule has 1 amide bonds. The Bertz CT molecular complexity index is 973. The van der Waals surface area contributed by atoms with Crippen molar-refractivity contribution in [3.63, 3.8) is 0 Å². The van der Waals surface area contributed by atoms with E-state index in [9.17, 15) is 4.79 Å². The van der Waals surface area contributed by atoms with Crippen LogP contribution in [0.15, 0.2) is 42.5 Å². The van der Waals surface area contributed by atoms with Gasteiger partial charge in [0.15, 0.2) is 5.13 Å². The second-order valence-electron chi connectivity index (χ2n) is 7.26. The maximum Gasteiger partial charge on any atom is 0.260 e. The van der Waals surface area contributed by atoms with Crippen LogP contribution in [0.2, 0.25) is 0 Å². The van der Waals surface area contributed by atoms with Gasteiger partial charge >= 0.3 is 0 Å². The summed E-state index contributed by atoms with van der Waals surface area (Å²) in [6.45, 7) is 3.90. The zero-order valence-corrected chi connectivity index (χ0v) is 19.7. The Balaban J connectivity index is 0.00000320. The van der Waals surface area contributed by atoms with Crippen LogP contribution in [-0.2, 0) is 0 Å². The predicted molar refractivity (Wildman–Crippen MR) is 129 cm³/mol. The minimum atomic E-state index is -0.0405. The first-order valence-electron chi connectivity index (χ1n) is 9.66. The smallest absolute Gasteiger partial charge is 0.260 e. The zero-order chi connectivity index (χ0) is 21.0. The van der Waals surface area contributed by atoms with Gasteiger partial charge < -0.3 is 14.5 Å². The fourth-order valence-electron chi connectivity index (χ4n) is 2.91. The number of rotatable bonds is 8. The number of benzene rings is 2. The number of nitrogens with zero attached hydrogens (tertiary/aromatic N) is 4. The average Bonchev–Trinajstić information content (AvgIpc) is 3.11. The van der Waals surface area contributed by atoms with Gasteiger partial charge in [0.05, 0.1) is 16.8 Å². The molecule has 1 aromatic heterocycles. The minimum absolute atomic E-state index is 0. The van der Waals surface area contributed by atoms with Crippen LogP contribution in [0, 0.1) is 0 Å². The zero-order valence-electron chi connectivity index (χ0n) is 18.1. The summed E-state index contributed by atoms with van der Waals surface area (Å²) in [7, 11) is 7.97. The number of carbonyl (C=O) groups excluding carboxylic acids is 1. The number of ether oxygens (including phenoxy) is 1. The highest BCUT2D eigenvalue weighted by atomic mass is 35.5. The van der Waals surface area contributed by atoms with Crippen LogP contribution in [0.3, 0.4) is 0 Å². The topological polar surface area (TPSA) is 48.9 Å². The molecule has 0 saturated carbocycles. The molecule has 30 heavy (non-hydrogen) atoms. The van der Waals surface area contributed by atoms with Crippen molar-refractivity contribution in [2.75, 3.05) is 57.7 Å². The van der Waals surface area contributed by atoms with E-state index in [0.29, 0.717) is 23.8 Å². The molecule has 0 aliphatic rings. The Morgan fingerprint density at radius 3 is 2.33 bits per heavy atom. The lowest BCUT2D eigenvalue weighted by atomic mass is 10.1. The van der Waals surface area contributed by atoms with E-state index in [4.69, 9.17) is 9.72 Å². The summed E-state index contributed by atoms with van der Waals surface area (Å²) in [5.74, 6) is 0.780. The summed E-state index contributed by atoms with van der Waals surface area (Å²) >= 11 is 1.52. The van der Waals surface area contributed by atoms with Crippen LogP contribution < -0.4 is 14.5 Å². The Morgan fingerprint density at radius 2 is 1.73 bits per heavy atom. The van der Waals surface area contributed by atoms with Gasteiger partial charge in [-0.1, -0.05) is 11.3 Å². The normalized spacial score (nSPS) is 10.7. The number of halogens is 1. The molecule has 0 atom stereocenters. The van der Waals surface area contributed by atoms with Crippen LogP contribution in [0.25, 0.3) is 10.2 Å². The molecule has 162 valence electrons. The third-order valence-corrected chi connectivity index (χ3v) is 5.58. The molecule has 8 heteroatoms. The van der Waals surface area contributed by atoms with E-state index in [1.807, 2.05) is 82.5 Å². The lowest BCUT2D eigenvalue weighted by Gasteiger charge is -2.22. The molecular formula is C22H29ClN4O2S. The number of amides is 1. The highest BCUT2D eigenvalue weighted by Gasteiger charge is 2.21. The number of fused-ring (bicyclic) bond motifs is 1. The van der Waals surface area contributed by atoms with E-state index >= 15 is 0 Å². The molecule has 3 rings (SSSR count). The highest BCUT2D eigenvalue weighted by Crippen LogP contribution is 2.32. The monoisotopic (exact) mass is 448 g/mol. The van der Waals surface area contributed by atoms with Crippen LogP contribution >= 0.6 is 23.7 Å². The number of anilines is 2. The van der Waals surface area contributed by atoms with E-state index < -0.39 is 0 Å². The highest BCUT2D eigenvalue weighted by molar-refractivity contribution is 7.22. The van der Waals surface area contributed by atoms with Crippen molar-refractivity contribution in [3.8, 4) is 5.75 Å². The van der Waals surface area contributed by atoms with Crippen molar-refractivity contribution in [1.82, 2.24) is 9.88 Å². The number of thiazole rings is 1. The molecule has 6 nitrogen and oxygen atoms in total. The largest absolute Gasteiger partial charge is 0.494 e. The van der Waals surface area contributed by atoms with Gasteiger partial charge in [-0.05, 0) is 63.5 Å². The number of likely N-dealkylation sites (N-methyl/N-ethyl adjacent to an activating group) is 1. The van der Waals surface area contributed by atoms with Crippen molar-refractivity contribution in [3.05, 3.63) is 48.0 Å². The first-order chi connectivity index (χ1) is 13.9. The number of hydrogen-bond acceptors (Lipinski definition) is 6. The fourth-order valence-corrected chi connectivity index (χ4v) is 3.93. The Labute approximate surface area is 188 Å². The summed E-state index contributed by atoms with van der Waals surface area (Å²) in [5, 5.41) is 0.706. The summed E-state index contributed by atoms with van der Waals surface area (Å²) in [6, 6.07) is 13.5. The quantitative estimate of drug-likeness (QED) is 0.511. The van der Waals surface area contributed by atoms with Crippen LogP contribution in [-0.4, -0.2) is 63.7 Å². The Morgan fingerprint density at radius 1 is 1.03 bits per heavy atom. The van der Waals surface area contributed by atoms with Crippen molar-refractivity contribution in [2.45, 2.75) is 6.92 Å². The van der Waals surface area contributed by atoms with Gasteiger partial charge in [0.25, 0.3) is 5.91 Å². The van der Waals surface area contributed by atoms with Gasteiger partial charge in [-0.2, -0.15) is 0 Å². The molecule has 3 aromatic rings. The molecule has 0 bridgehead atoms. The molecule has 0 fully saturated rings. The van der Waals surface area contributed by atoms with Crippen molar-refractivity contribution >= 4 is 50.7 Å². The second-order valence-corrected chi connectivity index (χ2v) is 8.27. The Hall–Kier alpha value is -2.35. The first-order valence-corrected chi connectivity index (χ1v) is 10.5. The van der Waals surface area contributed by atoms with E-state index in [1.54, 1.807) is 4.90 Å². The van der Waals surface area contributed by atoms with Gasteiger partial charge in [0.2, 0.25) is 0 Å². The molecule has 0 aliphatic heterocycles.